The van der Waals surface area contributed by atoms with Crippen molar-refractivity contribution >= 4 is 11.4 Å². The van der Waals surface area contributed by atoms with E-state index in [1.807, 2.05) is 12.1 Å². The lowest BCUT2D eigenvalue weighted by atomic mass is 10.1. The first-order valence-corrected chi connectivity index (χ1v) is 5.79. The van der Waals surface area contributed by atoms with Crippen molar-refractivity contribution in [2.24, 2.45) is 0 Å². The Labute approximate surface area is 92.9 Å². The maximum Gasteiger partial charge on any atom is 0.0365 e. The Bertz CT molecular complexity index is 287. The molecule has 0 aliphatic carbocycles. The van der Waals surface area contributed by atoms with Crippen molar-refractivity contribution in [1.82, 2.24) is 0 Å². The molecule has 84 valence electrons. The summed E-state index contributed by atoms with van der Waals surface area (Å²) in [4.78, 5) is 0. The number of nitrogens with two attached hydrogens (primary N) is 1. The normalized spacial score (nSPS) is 12.5. The van der Waals surface area contributed by atoms with E-state index in [9.17, 15) is 0 Å². The van der Waals surface area contributed by atoms with E-state index < -0.39 is 0 Å². The SMILES string of the molecule is CCCC(CC)Nc1cc(C)cc(N)c1. The Hall–Kier alpha value is -1.18. The van der Waals surface area contributed by atoms with Gasteiger partial charge in [0.2, 0.25) is 0 Å². The van der Waals surface area contributed by atoms with E-state index in [1.54, 1.807) is 0 Å². The minimum absolute atomic E-state index is 0.566. The van der Waals surface area contributed by atoms with E-state index in [1.165, 1.54) is 18.4 Å². The molecule has 2 nitrogen and oxygen atoms in total. The van der Waals surface area contributed by atoms with Crippen LogP contribution < -0.4 is 11.1 Å². The van der Waals surface area contributed by atoms with Crippen molar-refractivity contribution in [3.05, 3.63) is 23.8 Å². The van der Waals surface area contributed by atoms with E-state index in [4.69, 9.17) is 5.73 Å². The lowest BCUT2D eigenvalue weighted by molar-refractivity contribution is 0.623. The van der Waals surface area contributed by atoms with Gasteiger partial charge in [-0.15, -0.1) is 0 Å². The zero-order chi connectivity index (χ0) is 11.3. The van der Waals surface area contributed by atoms with Crippen LogP contribution in [0, 0.1) is 6.92 Å². The lowest BCUT2D eigenvalue weighted by Gasteiger charge is -2.18. The molecule has 0 aliphatic heterocycles. The molecule has 0 saturated heterocycles. The average molecular weight is 206 g/mol. The van der Waals surface area contributed by atoms with E-state index in [0.717, 1.165) is 17.8 Å². The van der Waals surface area contributed by atoms with Crippen LogP contribution in [0.25, 0.3) is 0 Å². The van der Waals surface area contributed by atoms with Gasteiger partial charge in [0.1, 0.15) is 0 Å². The average Bonchev–Trinajstić information content (AvgIpc) is 2.15. The highest BCUT2D eigenvalue weighted by Crippen LogP contribution is 2.18. The maximum atomic E-state index is 5.81. The smallest absolute Gasteiger partial charge is 0.0365 e. The molecular formula is C13H22N2. The molecule has 0 heterocycles. The van der Waals surface area contributed by atoms with Crippen molar-refractivity contribution in [3.8, 4) is 0 Å². The fourth-order valence-electron chi connectivity index (χ4n) is 1.86. The van der Waals surface area contributed by atoms with Gasteiger partial charge in [0.25, 0.3) is 0 Å². The van der Waals surface area contributed by atoms with Crippen LogP contribution in [0.15, 0.2) is 18.2 Å². The van der Waals surface area contributed by atoms with E-state index >= 15 is 0 Å². The molecule has 0 spiro atoms. The van der Waals surface area contributed by atoms with Gasteiger partial charge in [-0.25, -0.2) is 0 Å². The molecule has 0 fully saturated rings. The molecule has 1 aromatic carbocycles. The Morgan fingerprint density at radius 3 is 2.53 bits per heavy atom. The summed E-state index contributed by atoms with van der Waals surface area (Å²) in [6, 6.07) is 6.71. The molecule has 2 heteroatoms. The summed E-state index contributed by atoms with van der Waals surface area (Å²) < 4.78 is 0. The van der Waals surface area contributed by atoms with E-state index in [2.05, 4.69) is 32.2 Å². The molecule has 1 aromatic rings. The van der Waals surface area contributed by atoms with Crippen LogP contribution in [-0.4, -0.2) is 6.04 Å². The highest BCUT2D eigenvalue weighted by Gasteiger charge is 2.05. The van der Waals surface area contributed by atoms with Crippen molar-refractivity contribution in [2.45, 2.75) is 46.1 Å². The Balaban J connectivity index is 2.69. The van der Waals surface area contributed by atoms with Crippen LogP contribution in [0.3, 0.4) is 0 Å². The standard InChI is InChI=1S/C13H22N2/c1-4-6-12(5-2)15-13-8-10(3)7-11(14)9-13/h7-9,12,15H,4-6,14H2,1-3H3. The molecule has 1 atom stereocenters. The first kappa shape index (κ1) is 11.9. The number of nitrogens with one attached hydrogen (secondary N) is 1. The molecule has 0 radical (unpaired) electrons. The highest BCUT2D eigenvalue weighted by molar-refractivity contribution is 5.57. The van der Waals surface area contributed by atoms with E-state index in [0.29, 0.717) is 6.04 Å². The van der Waals surface area contributed by atoms with Crippen LogP contribution in [0.5, 0.6) is 0 Å². The van der Waals surface area contributed by atoms with Gasteiger partial charge in [-0.05, 0) is 43.5 Å². The predicted molar refractivity (Wildman–Crippen MR) is 68.2 cm³/mol. The van der Waals surface area contributed by atoms with Crippen LogP contribution in [0.2, 0.25) is 0 Å². The Kier molecular flexibility index (Phi) is 4.47. The second-order valence-corrected chi connectivity index (χ2v) is 4.17. The summed E-state index contributed by atoms with van der Waals surface area (Å²) in [5.41, 5.74) is 9.01. The molecule has 0 aromatic heterocycles. The first-order chi connectivity index (χ1) is 7.15. The zero-order valence-corrected chi connectivity index (χ0v) is 10.0. The molecule has 1 rings (SSSR count). The Morgan fingerprint density at radius 1 is 1.27 bits per heavy atom. The van der Waals surface area contributed by atoms with Gasteiger partial charge in [0.15, 0.2) is 0 Å². The van der Waals surface area contributed by atoms with Crippen molar-refractivity contribution in [1.29, 1.82) is 0 Å². The minimum Gasteiger partial charge on any atom is -0.399 e. The Morgan fingerprint density at radius 2 is 2.00 bits per heavy atom. The van der Waals surface area contributed by atoms with Gasteiger partial charge < -0.3 is 11.1 Å². The molecule has 0 amide bonds. The number of aryl methyl sites for hydroxylation is 1. The summed E-state index contributed by atoms with van der Waals surface area (Å²) in [5, 5.41) is 3.53. The van der Waals surface area contributed by atoms with Crippen LogP contribution in [0.4, 0.5) is 11.4 Å². The highest BCUT2D eigenvalue weighted by atomic mass is 14.9. The predicted octanol–water partition coefficient (Wildman–Crippen LogP) is 3.57. The number of hydrogen-bond acceptors (Lipinski definition) is 2. The second kappa shape index (κ2) is 5.64. The molecule has 1 unspecified atom stereocenters. The first-order valence-electron chi connectivity index (χ1n) is 5.79. The molecule has 15 heavy (non-hydrogen) atoms. The fraction of sp³-hybridized carbons (Fsp3) is 0.538. The van der Waals surface area contributed by atoms with Crippen molar-refractivity contribution < 1.29 is 0 Å². The molecule has 0 bridgehead atoms. The van der Waals surface area contributed by atoms with Gasteiger partial charge in [-0.1, -0.05) is 20.3 Å². The third-order valence-corrected chi connectivity index (χ3v) is 2.60. The van der Waals surface area contributed by atoms with Gasteiger partial charge in [-0.3, -0.25) is 0 Å². The van der Waals surface area contributed by atoms with Crippen molar-refractivity contribution in [3.63, 3.8) is 0 Å². The van der Waals surface area contributed by atoms with Crippen LogP contribution >= 0.6 is 0 Å². The summed E-state index contributed by atoms with van der Waals surface area (Å²) in [6.07, 6.45) is 3.58. The van der Waals surface area contributed by atoms with Crippen molar-refractivity contribution in [2.75, 3.05) is 11.1 Å². The second-order valence-electron chi connectivity index (χ2n) is 4.17. The van der Waals surface area contributed by atoms with Crippen LogP contribution in [-0.2, 0) is 0 Å². The third kappa shape index (κ3) is 3.82. The third-order valence-electron chi connectivity index (χ3n) is 2.60. The van der Waals surface area contributed by atoms with Gasteiger partial charge in [0.05, 0.1) is 0 Å². The molecule has 0 saturated carbocycles. The van der Waals surface area contributed by atoms with E-state index in [-0.39, 0.29) is 0 Å². The van der Waals surface area contributed by atoms with Gasteiger partial charge in [0, 0.05) is 17.4 Å². The maximum absolute atomic E-state index is 5.81. The number of nitrogen functional groups attached to an aromatic ring is 1. The number of hydrogen-bond donors (Lipinski definition) is 2. The number of benzene rings is 1. The molecule has 3 N–H and O–H groups in total. The quantitative estimate of drug-likeness (QED) is 0.723. The summed E-state index contributed by atoms with van der Waals surface area (Å²) in [6.45, 7) is 6.50. The molecule has 0 aliphatic rings. The van der Waals surface area contributed by atoms with Gasteiger partial charge >= 0.3 is 0 Å². The lowest BCUT2D eigenvalue weighted by Crippen LogP contribution is -2.18. The summed E-state index contributed by atoms with van der Waals surface area (Å²) in [7, 11) is 0. The number of rotatable bonds is 5. The van der Waals surface area contributed by atoms with Gasteiger partial charge in [-0.2, -0.15) is 0 Å². The van der Waals surface area contributed by atoms with Crippen LogP contribution in [0.1, 0.15) is 38.7 Å². The monoisotopic (exact) mass is 206 g/mol. The zero-order valence-electron chi connectivity index (χ0n) is 10.0. The topological polar surface area (TPSA) is 38.0 Å². The summed E-state index contributed by atoms with van der Waals surface area (Å²) >= 11 is 0. The molecular weight excluding hydrogens is 184 g/mol. The fourth-order valence-corrected chi connectivity index (χ4v) is 1.86. The largest absolute Gasteiger partial charge is 0.399 e. The minimum atomic E-state index is 0.566. The summed E-state index contributed by atoms with van der Waals surface area (Å²) in [5.74, 6) is 0. The number of anilines is 2.